The quantitative estimate of drug-likeness (QED) is 0.640. The van der Waals surface area contributed by atoms with Gasteiger partial charge in [0.05, 0.1) is 16.8 Å². The highest BCUT2D eigenvalue weighted by Gasteiger charge is 2.21. The number of halogens is 1. The fourth-order valence-electron chi connectivity index (χ4n) is 2.42. The Morgan fingerprint density at radius 3 is 3.16 bits per heavy atom. The number of nitrogen functional groups attached to an aromatic ring is 1. The molecule has 0 aliphatic carbocycles. The number of rotatable bonds is 5. The second kappa shape index (κ2) is 7.05. The molecule has 1 aromatic heterocycles. The number of anilines is 1. The molecule has 0 spiro atoms. The number of aromatic nitrogens is 1. The van der Waals surface area contributed by atoms with E-state index in [0.29, 0.717) is 16.9 Å². The molecule has 106 valence electrons. The van der Waals surface area contributed by atoms with Crippen LogP contribution in [0.5, 0.6) is 0 Å². The highest BCUT2D eigenvalue weighted by molar-refractivity contribution is 6.31. The van der Waals surface area contributed by atoms with Crippen molar-refractivity contribution < 1.29 is 4.74 Å². The minimum absolute atomic E-state index is 0.327. The number of piperidine rings is 1. The molecule has 0 radical (unpaired) electrons. The van der Waals surface area contributed by atoms with Gasteiger partial charge in [0.2, 0.25) is 0 Å². The molecule has 0 bridgehead atoms. The van der Waals surface area contributed by atoms with Crippen LogP contribution in [0.2, 0.25) is 5.02 Å². The van der Waals surface area contributed by atoms with Gasteiger partial charge in [-0.3, -0.25) is 4.90 Å². The predicted octanol–water partition coefficient (Wildman–Crippen LogP) is 2.02. The van der Waals surface area contributed by atoms with E-state index < -0.39 is 0 Å². The first-order valence-corrected chi connectivity index (χ1v) is 7.06. The Morgan fingerprint density at radius 2 is 2.42 bits per heavy atom. The number of nitrogens with two attached hydrogens (primary N) is 1. The van der Waals surface area contributed by atoms with E-state index in [4.69, 9.17) is 22.2 Å². The van der Waals surface area contributed by atoms with Crippen LogP contribution < -0.4 is 11.3 Å². The minimum atomic E-state index is 0.327. The molecule has 5 nitrogen and oxygen atoms in total. The first-order chi connectivity index (χ1) is 9.22. The summed E-state index contributed by atoms with van der Waals surface area (Å²) in [5.74, 6) is 6.01. The van der Waals surface area contributed by atoms with E-state index in [9.17, 15) is 0 Å². The van der Waals surface area contributed by atoms with E-state index >= 15 is 0 Å². The average Bonchev–Trinajstić information content (AvgIpc) is 2.42. The molecule has 1 aromatic rings. The lowest BCUT2D eigenvalue weighted by Gasteiger charge is -2.32. The van der Waals surface area contributed by atoms with Crippen molar-refractivity contribution in [2.24, 2.45) is 5.84 Å². The first kappa shape index (κ1) is 14.5. The zero-order chi connectivity index (χ0) is 13.7. The monoisotopic (exact) mass is 284 g/mol. The van der Waals surface area contributed by atoms with Gasteiger partial charge in [-0.15, -0.1) is 0 Å². The molecule has 1 atom stereocenters. The molecule has 1 saturated heterocycles. The van der Waals surface area contributed by atoms with Crippen LogP contribution in [0, 0.1) is 0 Å². The second-order valence-corrected chi connectivity index (χ2v) is 5.13. The van der Waals surface area contributed by atoms with Crippen molar-refractivity contribution in [3.63, 3.8) is 0 Å². The zero-order valence-corrected chi connectivity index (χ0v) is 12.0. The molecule has 3 N–H and O–H groups in total. The Hall–Kier alpha value is -0.880. The summed E-state index contributed by atoms with van der Waals surface area (Å²) in [6.07, 6.45) is 2.61. The number of ether oxygens (including phenoxy) is 1. The molecular formula is C13H21ClN4O. The van der Waals surface area contributed by atoms with Gasteiger partial charge in [0, 0.05) is 19.7 Å². The number of hydrogen-bond acceptors (Lipinski definition) is 5. The summed E-state index contributed by atoms with van der Waals surface area (Å²) in [6.45, 7) is 5.53. The second-order valence-electron chi connectivity index (χ2n) is 4.72. The topological polar surface area (TPSA) is 63.4 Å². The van der Waals surface area contributed by atoms with Gasteiger partial charge in [0.25, 0.3) is 0 Å². The highest BCUT2D eigenvalue weighted by Crippen LogP contribution is 2.21. The summed E-state index contributed by atoms with van der Waals surface area (Å²) in [5, 5.41) is 0.678. The SMILES string of the molecule is CCOC1CCCN(Cc2nc(NN)ccc2Cl)C1. The fourth-order valence-corrected chi connectivity index (χ4v) is 2.58. The zero-order valence-electron chi connectivity index (χ0n) is 11.2. The maximum Gasteiger partial charge on any atom is 0.140 e. The third kappa shape index (κ3) is 4.04. The third-order valence-corrected chi connectivity index (χ3v) is 3.65. The van der Waals surface area contributed by atoms with Gasteiger partial charge >= 0.3 is 0 Å². The summed E-state index contributed by atoms with van der Waals surface area (Å²) >= 11 is 6.18. The van der Waals surface area contributed by atoms with Gasteiger partial charge in [-0.2, -0.15) is 0 Å². The lowest BCUT2D eigenvalue weighted by Crippen LogP contribution is -2.39. The molecule has 6 heteroatoms. The van der Waals surface area contributed by atoms with Crippen LogP contribution in [0.4, 0.5) is 5.82 Å². The van der Waals surface area contributed by atoms with Crippen LogP contribution in [0.15, 0.2) is 12.1 Å². The Labute approximate surface area is 119 Å². The molecule has 2 heterocycles. The van der Waals surface area contributed by atoms with Gasteiger partial charge in [0.1, 0.15) is 5.82 Å². The largest absolute Gasteiger partial charge is 0.377 e. The standard InChI is InChI=1S/C13H21ClN4O/c1-2-19-10-4-3-7-18(8-10)9-12-11(14)5-6-13(16-12)17-15/h5-6,10H,2-4,7-9,15H2,1H3,(H,16,17). The van der Waals surface area contributed by atoms with E-state index in [1.54, 1.807) is 6.07 Å². The molecule has 2 rings (SSSR count). The van der Waals surface area contributed by atoms with Gasteiger partial charge in [-0.25, -0.2) is 10.8 Å². The smallest absolute Gasteiger partial charge is 0.140 e. The maximum atomic E-state index is 6.18. The lowest BCUT2D eigenvalue weighted by atomic mass is 10.1. The number of hydrogen-bond donors (Lipinski definition) is 2. The summed E-state index contributed by atoms with van der Waals surface area (Å²) < 4.78 is 5.70. The molecule has 1 fully saturated rings. The van der Waals surface area contributed by atoms with E-state index in [-0.39, 0.29) is 0 Å². The third-order valence-electron chi connectivity index (χ3n) is 3.30. The predicted molar refractivity (Wildman–Crippen MR) is 77.0 cm³/mol. The van der Waals surface area contributed by atoms with Crippen molar-refractivity contribution in [3.05, 3.63) is 22.8 Å². The molecule has 19 heavy (non-hydrogen) atoms. The van der Waals surface area contributed by atoms with Crippen molar-refractivity contribution in [3.8, 4) is 0 Å². The molecule has 0 saturated carbocycles. The van der Waals surface area contributed by atoms with Gasteiger partial charge in [-0.05, 0) is 38.4 Å². The van der Waals surface area contributed by atoms with Gasteiger partial charge in [0.15, 0.2) is 0 Å². The van der Waals surface area contributed by atoms with Crippen LogP contribution in [-0.2, 0) is 11.3 Å². The summed E-state index contributed by atoms with van der Waals surface area (Å²) in [5.41, 5.74) is 3.40. The Morgan fingerprint density at radius 1 is 1.58 bits per heavy atom. The molecular weight excluding hydrogens is 264 g/mol. The normalized spacial score (nSPS) is 20.5. The summed E-state index contributed by atoms with van der Waals surface area (Å²) in [6, 6.07) is 3.59. The number of nitrogens with zero attached hydrogens (tertiary/aromatic N) is 2. The van der Waals surface area contributed by atoms with E-state index in [1.165, 1.54) is 0 Å². The minimum Gasteiger partial charge on any atom is -0.377 e. The Balaban J connectivity index is 2.00. The van der Waals surface area contributed by atoms with Crippen molar-refractivity contribution in [2.45, 2.75) is 32.4 Å². The molecule has 0 amide bonds. The number of likely N-dealkylation sites (tertiary alicyclic amines) is 1. The number of pyridine rings is 1. The first-order valence-electron chi connectivity index (χ1n) is 6.69. The summed E-state index contributed by atoms with van der Waals surface area (Å²) in [4.78, 5) is 6.74. The van der Waals surface area contributed by atoms with E-state index in [1.807, 2.05) is 13.0 Å². The number of nitrogens with one attached hydrogen (secondary N) is 1. The van der Waals surface area contributed by atoms with E-state index in [2.05, 4.69) is 15.3 Å². The van der Waals surface area contributed by atoms with Crippen LogP contribution >= 0.6 is 11.6 Å². The molecule has 1 aliphatic rings. The van der Waals surface area contributed by atoms with Crippen LogP contribution in [0.1, 0.15) is 25.5 Å². The maximum absolute atomic E-state index is 6.18. The molecule has 1 aliphatic heterocycles. The van der Waals surface area contributed by atoms with E-state index in [0.717, 1.165) is 44.8 Å². The number of hydrazine groups is 1. The van der Waals surface area contributed by atoms with Gasteiger partial charge in [-0.1, -0.05) is 11.6 Å². The molecule has 1 unspecified atom stereocenters. The Bertz CT molecular complexity index is 414. The van der Waals surface area contributed by atoms with Crippen molar-refractivity contribution in [1.29, 1.82) is 0 Å². The van der Waals surface area contributed by atoms with Crippen molar-refractivity contribution >= 4 is 17.4 Å². The summed E-state index contributed by atoms with van der Waals surface area (Å²) in [7, 11) is 0. The highest BCUT2D eigenvalue weighted by atomic mass is 35.5. The lowest BCUT2D eigenvalue weighted by molar-refractivity contribution is 0.00333. The van der Waals surface area contributed by atoms with Gasteiger partial charge < -0.3 is 10.2 Å². The van der Waals surface area contributed by atoms with Crippen LogP contribution in [-0.4, -0.2) is 35.7 Å². The fraction of sp³-hybridized carbons (Fsp3) is 0.615. The van der Waals surface area contributed by atoms with Crippen LogP contribution in [0.25, 0.3) is 0 Å². The molecule has 0 aromatic carbocycles. The van der Waals surface area contributed by atoms with Crippen LogP contribution in [0.3, 0.4) is 0 Å². The van der Waals surface area contributed by atoms with Crippen molar-refractivity contribution in [2.75, 3.05) is 25.1 Å². The average molecular weight is 285 g/mol. The van der Waals surface area contributed by atoms with Crippen molar-refractivity contribution in [1.82, 2.24) is 9.88 Å². The Kier molecular flexibility index (Phi) is 5.39.